The number of halogens is 1. The summed E-state index contributed by atoms with van der Waals surface area (Å²) < 4.78 is 3.36. The van der Waals surface area contributed by atoms with Crippen molar-refractivity contribution in [3.63, 3.8) is 0 Å². The fraction of sp³-hybridized carbons (Fsp3) is 0. The van der Waals surface area contributed by atoms with Crippen molar-refractivity contribution in [1.29, 1.82) is 0 Å². The van der Waals surface area contributed by atoms with Crippen LogP contribution in [0.25, 0.3) is 26.2 Å². The van der Waals surface area contributed by atoms with Crippen molar-refractivity contribution in [2.24, 2.45) is 0 Å². The normalized spacial score (nSPS) is 11.8. The fourth-order valence-corrected chi connectivity index (χ4v) is 3.47. The first-order chi connectivity index (χ1) is 8.33. The monoisotopic (exact) mass is 258 g/mol. The summed E-state index contributed by atoms with van der Waals surface area (Å²) in [5.41, 5.74) is 3.36. The first-order valence-corrected chi connectivity index (χ1v) is 6.48. The number of imidazole rings is 1. The van der Waals surface area contributed by atoms with Gasteiger partial charge in [0.15, 0.2) is 4.96 Å². The summed E-state index contributed by atoms with van der Waals surface area (Å²) in [5.74, 6) is 0. The molecule has 2 heterocycles. The minimum absolute atomic E-state index is 0.770. The van der Waals surface area contributed by atoms with Gasteiger partial charge in [0.05, 0.1) is 21.3 Å². The molecule has 4 rings (SSSR count). The van der Waals surface area contributed by atoms with Crippen molar-refractivity contribution in [2.75, 3.05) is 0 Å². The van der Waals surface area contributed by atoms with Gasteiger partial charge < -0.3 is 0 Å². The zero-order valence-electron chi connectivity index (χ0n) is 8.72. The van der Waals surface area contributed by atoms with Gasteiger partial charge in [-0.2, -0.15) is 0 Å². The maximum absolute atomic E-state index is 6.01. The van der Waals surface area contributed by atoms with Crippen LogP contribution in [-0.4, -0.2) is 9.38 Å². The van der Waals surface area contributed by atoms with Gasteiger partial charge in [0.25, 0.3) is 0 Å². The molecular formula is C13H7ClN2S. The fourth-order valence-electron chi connectivity index (χ4n) is 2.16. The Balaban J connectivity index is 2.31. The van der Waals surface area contributed by atoms with Crippen LogP contribution in [0.4, 0.5) is 0 Å². The molecule has 0 unspecified atom stereocenters. The standard InChI is InChI=1S/C13H7ClN2S/c14-8-5-6-11-12(7-8)17-13-15-9-3-1-2-4-10(9)16(11)13/h1-7H. The number of para-hydroxylation sites is 2. The van der Waals surface area contributed by atoms with Gasteiger partial charge in [0, 0.05) is 5.02 Å². The molecule has 82 valence electrons. The van der Waals surface area contributed by atoms with Crippen molar-refractivity contribution in [2.45, 2.75) is 0 Å². The predicted octanol–water partition coefficient (Wildman–Crippen LogP) is 4.36. The highest BCUT2D eigenvalue weighted by Gasteiger charge is 2.10. The highest BCUT2D eigenvalue weighted by molar-refractivity contribution is 7.23. The molecule has 0 atom stereocenters. The van der Waals surface area contributed by atoms with E-state index in [1.165, 1.54) is 10.2 Å². The number of thiazole rings is 1. The molecule has 0 radical (unpaired) electrons. The summed E-state index contributed by atoms with van der Waals surface area (Å²) in [6.07, 6.45) is 0. The Kier molecular flexibility index (Phi) is 1.79. The van der Waals surface area contributed by atoms with Gasteiger partial charge in [-0.3, -0.25) is 4.40 Å². The van der Waals surface area contributed by atoms with E-state index in [9.17, 15) is 0 Å². The van der Waals surface area contributed by atoms with E-state index in [2.05, 4.69) is 21.5 Å². The minimum Gasteiger partial charge on any atom is -0.283 e. The molecule has 0 saturated carbocycles. The molecule has 2 aromatic heterocycles. The van der Waals surface area contributed by atoms with Crippen molar-refractivity contribution >= 4 is 49.1 Å². The molecule has 0 fully saturated rings. The van der Waals surface area contributed by atoms with Crippen LogP contribution in [0.3, 0.4) is 0 Å². The lowest BCUT2D eigenvalue weighted by Gasteiger charge is -1.94. The summed E-state index contributed by atoms with van der Waals surface area (Å²) in [7, 11) is 0. The third kappa shape index (κ3) is 1.24. The number of benzene rings is 2. The number of hydrogen-bond acceptors (Lipinski definition) is 2. The molecular weight excluding hydrogens is 252 g/mol. The number of hydrogen-bond donors (Lipinski definition) is 0. The SMILES string of the molecule is Clc1ccc2c(c1)sc1nc3ccccc3n12. The number of aromatic nitrogens is 2. The Morgan fingerprint density at radius 2 is 1.94 bits per heavy atom. The van der Waals surface area contributed by atoms with Crippen LogP contribution in [0.5, 0.6) is 0 Å². The molecule has 2 aromatic carbocycles. The van der Waals surface area contributed by atoms with E-state index in [0.29, 0.717) is 0 Å². The van der Waals surface area contributed by atoms with Gasteiger partial charge >= 0.3 is 0 Å². The summed E-state index contributed by atoms with van der Waals surface area (Å²) in [6, 6.07) is 14.1. The van der Waals surface area contributed by atoms with Crippen molar-refractivity contribution in [3.8, 4) is 0 Å². The van der Waals surface area contributed by atoms with E-state index in [0.717, 1.165) is 21.0 Å². The van der Waals surface area contributed by atoms with Crippen LogP contribution in [0.15, 0.2) is 42.5 Å². The lowest BCUT2D eigenvalue weighted by Crippen LogP contribution is -1.79. The van der Waals surface area contributed by atoms with Crippen molar-refractivity contribution < 1.29 is 0 Å². The Bertz CT molecular complexity index is 860. The third-order valence-electron chi connectivity index (χ3n) is 2.89. The molecule has 4 aromatic rings. The van der Waals surface area contributed by atoms with E-state index < -0.39 is 0 Å². The summed E-state index contributed by atoms with van der Waals surface area (Å²) in [6.45, 7) is 0. The van der Waals surface area contributed by atoms with E-state index in [1.54, 1.807) is 11.3 Å². The van der Waals surface area contributed by atoms with Gasteiger partial charge in [-0.25, -0.2) is 4.98 Å². The molecule has 0 aliphatic heterocycles. The number of rotatable bonds is 0. The van der Waals surface area contributed by atoms with E-state index in [4.69, 9.17) is 11.6 Å². The molecule has 0 N–H and O–H groups in total. The zero-order valence-corrected chi connectivity index (χ0v) is 10.3. The largest absolute Gasteiger partial charge is 0.283 e. The highest BCUT2D eigenvalue weighted by Crippen LogP contribution is 2.31. The second-order valence-electron chi connectivity index (χ2n) is 3.93. The summed E-state index contributed by atoms with van der Waals surface area (Å²) in [5, 5.41) is 0.770. The molecule has 0 bridgehead atoms. The second kappa shape index (κ2) is 3.22. The van der Waals surface area contributed by atoms with Crippen LogP contribution in [-0.2, 0) is 0 Å². The van der Waals surface area contributed by atoms with Gasteiger partial charge in [0.2, 0.25) is 0 Å². The van der Waals surface area contributed by atoms with Crippen molar-refractivity contribution in [3.05, 3.63) is 47.5 Å². The topological polar surface area (TPSA) is 17.3 Å². The molecule has 0 aliphatic carbocycles. The first kappa shape index (κ1) is 9.45. The average Bonchev–Trinajstić information content (AvgIpc) is 2.83. The Morgan fingerprint density at radius 3 is 2.88 bits per heavy atom. The molecule has 4 heteroatoms. The quantitative estimate of drug-likeness (QED) is 0.458. The molecule has 0 spiro atoms. The van der Waals surface area contributed by atoms with E-state index >= 15 is 0 Å². The van der Waals surface area contributed by atoms with Crippen LogP contribution in [0, 0.1) is 0 Å². The third-order valence-corrected chi connectivity index (χ3v) is 4.13. The lowest BCUT2D eigenvalue weighted by molar-refractivity contribution is 1.35. The van der Waals surface area contributed by atoms with E-state index in [1.807, 2.05) is 30.3 Å². The average molecular weight is 259 g/mol. The zero-order chi connectivity index (χ0) is 11.4. The van der Waals surface area contributed by atoms with Gasteiger partial charge in [0.1, 0.15) is 0 Å². The Labute approximate surface area is 106 Å². The maximum atomic E-state index is 6.01. The van der Waals surface area contributed by atoms with Gasteiger partial charge in [-0.15, -0.1) is 0 Å². The minimum atomic E-state index is 0.770. The highest BCUT2D eigenvalue weighted by atomic mass is 35.5. The molecule has 0 amide bonds. The smallest absolute Gasteiger partial charge is 0.195 e. The summed E-state index contributed by atoms with van der Waals surface area (Å²) in [4.78, 5) is 5.64. The van der Waals surface area contributed by atoms with Crippen LogP contribution in [0.1, 0.15) is 0 Å². The maximum Gasteiger partial charge on any atom is 0.195 e. The van der Waals surface area contributed by atoms with Gasteiger partial charge in [-0.05, 0) is 30.3 Å². The lowest BCUT2D eigenvalue weighted by atomic mass is 10.3. The number of fused-ring (bicyclic) bond motifs is 5. The van der Waals surface area contributed by atoms with Gasteiger partial charge in [-0.1, -0.05) is 35.1 Å². The second-order valence-corrected chi connectivity index (χ2v) is 5.38. The molecule has 2 nitrogen and oxygen atoms in total. The molecule has 0 saturated heterocycles. The number of nitrogens with zero attached hydrogens (tertiary/aromatic N) is 2. The molecule has 17 heavy (non-hydrogen) atoms. The Morgan fingerprint density at radius 1 is 1.06 bits per heavy atom. The van der Waals surface area contributed by atoms with Crippen molar-refractivity contribution in [1.82, 2.24) is 9.38 Å². The van der Waals surface area contributed by atoms with E-state index in [-0.39, 0.29) is 0 Å². The predicted molar refractivity (Wildman–Crippen MR) is 73.1 cm³/mol. The van der Waals surface area contributed by atoms with Crippen LogP contribution < -0.4 is 0 Å². The molecule has 0 aliphatic rings. The van der Waals surface area contributed by atoms with Crippen LogP contribution in [0.2, 0.25) is 5.02 Å². The van der Waals surface area contributed by atoms with Crippen LogP contribution >= 0.6 is 22.9 Å². The first-order valence-electron chi connectivity index (χ1n) is 5.28. The summed E-state index contributed by atoms with van der Waals surface area (Å²) >= 11 is 7.68. The Hall–Kier alpha value is -1.58.